The molecule has 2 radical (unpaired) electrons. The Morgan fingerprint density at radius 2 is 1.89 bits per heavy atom. The molecule has 3 fully saturated rings. The predicted octanol–water partition coefficient (Wildman–Crippen LogP) is 2.78. The summed E-state index contributed by atoms with van der Waals surface area (Å²) in [7, 11) is 6.48. The van der Waals surface area contributed by atoms with E-state index in [0.29, 0.717) is 29.4 Å². The topological polar surface area (TPSA) is 12.5 Å². The lowest BCUT2D eigenvalue weighted by Gasteiger charge is -2.49. The third-order valence-electron chi connectivity index (χ3n) is 5.40. The molecule has 0 aromatic carbocycles. The Hall–Kier alpha value is -0.0151. The Labute approximate surface area is 113 Å². The molecule has 2 saturated heterocycles. The van der Waals surface area contributed by atoms with Gasteiger partial charge in [-0.3, -0.25) is 4.90 Å². The molecule has 100 valence electrons. The zero-order valence-electron chi connectivity index (χ0n) is 11.9. The van der Waals surface area contributed by atoms with Gasteiger partial charge in [-0.2, -0.15) is 0 Å². The number of ether oxygens (including phenoxy) is 1. The van der Waals surface area contributed by atoms with Gasteiger partial charge < -0.3 is 4.74 Å². The number of likely N-dealkylation sites (tertiary alicyclic amines) is 1. The van der Waals surface area contributed by atoms with Gasteiger partial charge in [0, 0.05) is 12.1 Å². The van der Waals surface area contributed by atoms with Crippen LogP contribution in [0.15, 0.2) is 0 Å². The van der Waals surface area contributed by atoms with Crippen LogP contribution in [0.5, 0.6) is 0 Å². The first-order chi connectivity index (χ1) is 8.64. The summed E-state index contributed by atoms with van der Waals surface area (Å²) in [6.45, 7) is 6.55. The maximum atomic E-state index is 6.48. The molecule has 2 nitrogen and oxygen atoms in total. The Morgan fingerprint density at radius 1 is 1.17 bits per heavy atom. The van der Waals surface area contributed by atoms with Crippen LogP contribution in [0, 0.1) is 5.92 Å². The molecule has 3 unspecified atom stereocenters. The van der Waals surface area contributed by atoms with E-state index in [-0.39, 0.29) is 0 Å². The molecule has 18 heavy (non-hydrogen) atoms. The summed E-state index contributed by atoms with van der Waals surface area (Å²) in [4.78, 5) is 2.77. The van der Waals surface area contributed by atoms with Crippen LogP contribution in [0.3, 0.4) is 0 Å². The summed E-state index contributed by atoms with van der Waals surface area (Å²) in [6.07, 6.45) is 7.93. The maximum Gasteiger partial charge on any atom is 0.0704 e. The highest BCUT2D eigenvalue weighted by atomic mass is 16.5. The molecule has 2 heterocycles. The van der Waals surface area contributed by atoms with Gasteiger partial charge >= 0.3 is 0 Å². The minimum Gasteiger partial charge on any atom is -0.377 e. The van der Waals surface area contributed by atoms with Gasteiger partial charge in [0.05, 0.1) is 26.6 Å². The summed E-state index contributed by atoms with van der Waals surface area (Å²) < 4.78 is 5.56. The van der Waals surface area contributed by atoms with Crippen LogP contribution in [-0.2, 0) is 4.74 Å². The molecule has 3 aliphatic rings. The van der Waals surface area contributed by atoms with E-state index in [1.807, 2.05) is 0 Å². The van der Waals surface area contributed by atoms with Crippen molar-refractivity contribution in [2.45, 2.75) is 75.8 Å². The average molecular weight is 247 g/mol. The second kappa shape index (κ2) is 4.83. The molecule has 3 rings (SSSR count). The lowest BCUT2D eigenvalue weighted by Crippen LogP contribution is -2.62. The first kappa shape index (κ1) is 13.0. The molecule has 1 aliphatic carbocycles. The SMILES string of the molecule is [B]C1CCCCCC2C1CC1(COC1)N2C(C)C. The molecular formula is C15H26BNO. The van der Waals surface area contributed by atoms with E-state index in [9.17, 15) is 0 Å². The Morgan fingerprint density at radius 3 is 2.50 bits per heavy atom. The van der Waals surface area contributed by atoms with E-state index in [1.165, 1.54) is 38.5 Å². The summed E-state index contributed by atoms with van der Waals surface area (Å²) in [5, 5.41) is 0. The summed E-state index contributed by atoms with van der Waals surface area (Å²) in [6, 6.07) is 1.33. The normalized spacial score (nSPS) is 40.3. The third kappa shape index (κ3) is 1.94. The first-order valence-electron chi connectivity index (χ1n) is 7.76. The van der Waals surface area contributed by atoms with Crippen molar-refractivity contribution in [2.75, 3.05) is 13.2 Å². The quantitative estimate of drug-likeness (QED) is 0.660. The van der Waals surface area contributed by atoms with Gasteiger partial charge in [0.2, 0.25) is 0 Å². The maximum absolute atomic E-state index is 6.48. The molecular weight excluding hydrogens is 221 g/mol. The van der Waals surface area contributed by atoms with Gasteiger partial charge in [0.25, 0.3) is 0 Å². The number of nitrogens with zero attached hydrogens (tertiary/aromatic N) is 1. The summed E-state index contributed by atoms with van der Waals surface area (Å²) >= 11 is 0. The van der Waals surface area contributed by atoms with Crippen molar-refractivity contribution in [2.24, 2.45) is 5.92 Å². The minimum absolute atomic E-state index is 0.339. The van der Waals surface area contributed by atoms with Crippen LogP contribution >= 0.6 is 0 Å². The van der Waals surface area contributed by atoms with E-state index in [1.54, 1.807) is 0 Å². The Balaban J connectivity index is 1.86. The van der Waals surface area contributed by atoms with Crippen LogP contribution < -0.4 is 0 Å². The molecule has 2 aliphatic heterocycles. The fourth-order valence-electron chi connectivity index (χ4n) is 4.69. The number of hydrogen-bond acceptors (Lipinski definition) is 2. The number of fused-ring (bicyclic) bond motifs is 1. The van der Waals surface area contributed by atoms with E-state index in [4.69, 9.17) is 12.6 Å². The second-order valence-electron chi connectivity index (χ2n) is 6.96. The molecule has 3 heteroatoms. The van der Waals surface area contributed by atoms with Gasteiger partial charge in [-0.05, 0) is 32.6 Å². The second-order valence-corrected chi connectivity index (χ2v) is 6.96. The molecule has 0 N–H and O–H groups in total. The van der Waals surface area contributed by atoms with Gasteiger partial charge in [0.1, 0.15) is 0 Å². The van der Waals surface area contributed by atoms with E-state index >= 15 is 0 Å². The summed E-state index contributed by atoms with van der Waals surface area (Å²) in [5.74, 6) is 1.12. The highest BCUT2D eigenvalue weighted by molar-refractivity contribution is 6.11. The van der Waals surface area contributed by atoms with Gasteiger partial charge in [-0.1, -0.05) is 31.5 Å². The fourth-order valence-corrected chi connectivity index (χ4v) is 4.69. The molecule has 1 spiro atoms. The first-order valence-corrected chi connectivity index (χ1v) is 7.76. The minimum atomic E-state index is 0.339. The van der Waals surface area contributed by atoms with Gasteiger partial charge in [-0.15, -0.1) is 0 Å². The van der Waals surface area contributed by atoms with E-state index < -0.39 is 0 Å². The van der Waals surface area contributed by atoms with Crippen LogP contribution in [0.2, 0.25) is 5.82 Å². The van der Waals surface area contributed by atoms with Crippen molar-refractivity contribution in [3.8, 4) is 0 Å². The van der Waals surface area contributed by atoms with Crippen molar-refractivity contribution < 1.29 is 4.74 Å². The molecule has 0 bridgehead atoms. The fraction of sp³-hybridized carbons (Fsp3) is 1.00. The van der Waals surface area contributed by atoms with Crippen LogP contribution in [-0.4, -0.2) is 43.6 Å². The lowest BCUT2D eigenvalue weighted by atomic mass is 9.67. The largest absolute Gasteiger partial charge is 0.377 e. The van der Waals surface area contributed by atoms with Crippen LogP contribution in [0.25, 0.3) is 0 Å². The summed E-state index contributed by atoms with van der Waals surface area (Å²) in [5.41, 5.74) is 0.339. The Bertz CT molecular complexity index is 303. The molecule has 3 atom stereocenters. The Kier molecular flexibility index (Phi) is 3.48. The standard InChI is InChI=1S/C15H26BNO/c1-11(2)17-14-7-5-3-4-6-13(16)12(14)8-15(17)9-18-10-15/h11-14H,3-10H2,1-2H3. The predicted molar refractivity (Wildman–Crippen MR) is 75.0 cm³/mol. The molecule has 1 saturated carbocycles. The number of hydrogen-bond donors (Lipinski definition) is 0. The van der Waals surface area contributed by atoms with Gasteiger partial charge in [-0.25, -0.2) is 0 Å². The smallest absolute Gasteiger partial charge is 0.0704 e. The average Bonchev–Trinajstić information content (AvgIpc) is 2.60. The number of rotatable bonds is 1. The molecule has 0 aromatic heterocycles. The highest BCUT2D eigenvalue weighted by Crippen LogP contribution is 2.50. The van der Waals surface area contributed by atoms with Crippen molar-refractivity contribution in [1.82, 2.24) is 4.90 Å². The van der Waals surface area contributed by atoms with Crippen molar-refractivity contribution in [1.29, 1.82) is 0 Å². The highest BCUT2D eigenvalue weighted by Gasteiger charge is 2.56. The van der Waals surface area contributed by atoms with Crippen LogP contribution in [0.1, 0.15) is 52.4 Å². The van der Waals surface area contributed by atoms with Crippen LogP contribution in [0.4, 0.5) is 0 Å². The zero-order chi connectivity index (χ0) is 12.8. The van der Waals surface area contributed by atoms with Crippen molar-refractivity contribution >= 4 is 7.85 Å². The zero-order valence-corrected chi connectivity index (χ0v) is 11.9. The van der Waals surface area contributed by atoms with Crippen molar-refractivity contribution in [3.05, 3.63) is 0 Å². The third-order valence-corrected chi connectivity index (χ3v) is 5.40. The van der Waals surface area contributed by atoms with Gasteiger partial charge in [0.15, 0.2) is 0 Å². The van der Waals surface area contributed by atoms with E-state index in [2.05, 4.69) is 18.7 Å². The monoisotopic (exact) mass is 247 g/mol. The lowest BCUT2D eigenvalue weighted by molar-refractivity contribution is -0.141. The molecule has 0 amide bonds. The van der Waals surface area contributed by atoms with Crippen molar-refractivity contribution in [3.63, 3.8) is 0 Å². The molecule has 0 aromatic rings. The van der Waals surface area contributed by atoms with E-state index in [0.717, 1.165) is 13.2 Å².